The number of nitrogens with one attached hydrogen (secondary N) is 1. The first-order chi connectivity index (χ1) is 15.3. The molecule has 3 aromatic carbocycles. The minimum Gasteiger partial charge on any atom is -0.438 e. The van der Waals surface area contributed by atoms with E-state index in [0.717, 1.165) is 6.07 Å². The molecular formula is C21H14N4O6S. The molecule has 11 heteroatoms. The zero-order valence-electron chi connectivity index (χ0n) is 16.2. The van der Waals surface area contributed by atoms with Gasteiger partial charge in [-0.05, 0) is 48.0 Å². The zero-order valence-corrected chi connectivity index (χ0v) is 17.0. The van der Waals surface area contributed by atoms with Crippen LogP contribution in [-0.4, -0.2) is 31.4 Å². The summed E-state index contributed by atoms with van der Waals surface area (Å²) in [5.41, 5.74) is 3.22. The molecule has 3 aromatic rings. The van der Waals surface area contributed by atoms with Gasteiger partial charge in [0.25, 0.3) is 21.6 Å². The fourth-order valence-electron chi connectivity index (χ4n) is 2.87. The number of hydrogen-bond donors (Lipinski definition) is 1. The third-order valence-electron chi connectivity index (χ3n) is 4.39. The van der Waals surface area contributed by atoms with Crippen molar-refractivity contribution in [2.75, 3.05) is 0 Å². The Hall–Kier alpha value is -4.38. The number of non-ortho nitro benzene ring substituents is 1. The van der Waals surface area contributed by atoms with Crippen LogP contribution in [0.25, 0.3) is 0 Å². The zero-order chi connectivity index (χ0) is 22.7. The molecule has 1 aliphatic heterocycles. The SMILES string of the molecule is O=C(NN=Cc1ccc(OC2=NS(=O)(=O)c3ccccc32)cc1)c1cccc([N+](=O)[O-])c1. The number of nitro groups is 1. The van der Waals surface area contributed by atoms with E-state index >= 15 is 0 Å². The number of amides is 1. The maximum atomic E-state index is 12.1. The molecule has 0 spiro atoms. The van der Waals surface area contributed by atoms with Gasteiger partial charge in [-0.25, -0.2) is 5.43 Å². The first-order valence-corrected chi connectivity index (χ1v) is 10.6. The summed E-state index contributed by atoms with van der Waals surface area (Å²) < 4.78 is 33.5. The van der Waals surface area contributed by atoms with Crippen molar-refractivity contribution in [1.29, 1.82) is 0 Å². The van der Waals surface area contributed by atoms with Gasteiger partial charge in [0.05, 0.1) is 16.7 Å². The predicted octanol–water partition coefficient (Wildman–Crippen LogP) is 2.89. The summed E-state index contributed by atoms with van der Waals surface area (Å²) in [7, 11) is -3.77. The Morgan fingerprint density at radius 3 is 2.56 bits per heavy atom. The van der Waals surface area contributed by atoms with Crippen molar-refractivity contribution in [2.24, 2.45) is 9.50 Å². The van der Waals surface area contributed by atoms with Crippen LogP contribution in [0.2, 0.25) is 0 Å². The van der Waals surface area contributed by atoms with E-state index in [1.54, 1.807) is 42.5 Å². The van der Waals surface area contributed by atoms with Gasteiger partial charge in [0.1, 0.15) is 10.6 Å². The summed E-state index contributed by atoms with van der Waals surface area (Å²) in [4.78, 5) is 22.4. The van der Waals surface area contributed by atoms with Crippen LogP contribution in [0.15, 0.2) is 87.2 Å². The molecule has 0 unspecified atom stereocenters. The standard InChI is InChI=1S/C21H14N4O6S/c26-20(15-4-3-5-16(12-15)25(27)28)23-22-13-14-8-10-17(11-9-14)31-21-18-6-1-2-7-19(18)32(29,30)24-21/h1-13H,(H,23,26). The second-order valence-electron chi connectivity index (χ2n) is 6.55. The predicted molar refractivity (Wildman–Crippen MR) is 115 cm³/mol. The molecule has 0 bridgehead atoms. The molecule has 1 amide bonds. The van der Waals surface area contributed by atoms with Crippen LogP contribution in [-0.2, 0) is 10.0 Å². The van der Waals surface area contributed by atoms with Crippen LogP contribution >= 0.6 is 0 Å². The van der Waals surface area contributed by atoms with Gasteiger partial charge in [0.15, 0.2) is 0 Å². The number of sulfonamides is 1. The average Bonchev–Trinajstić information content (AvgIpc) is 3.05. The Labute approximate surface area is 182 Å². The molecule has 160 valence electrons. The summed E-state index contributed by atoms with van der Waals surface area (Å²) in [6.07, 6.45) is 1.38. The second-order valence-corrected chi connectivity index (χ2v) is 8.12. The van der Waals surface area contributed by atoms with Crippen LogP contribution in [0.4, 0.5) is 5.69 Å². The van der Waals surface area contributed by atoms with Crippen LogP contribution < -0.4 is 10.2 Å². The fourth-order valence-corrected chi connectivity index (χ4v) is 4.01. The Bertz CT molecular complexity index is 1380. The Morgan fingerprint density at radius 1 is 1.06 bits per heavy atom. The van der Waals surface area contributed by atoms with E-state index in [0.29, 0.717) is 16.9 Å². The van der Waals surface area contributed by atoms with Crippen molar-refractivity contribution in [3.63, 3.8) is 0 Å². The summed E-state index contributed by atoms with van der Waals surface area (Å²) in [5.74, 6) is -0.233. The third-order valence-corrected chi connectivity index (χ3v) is 5.71. The fraction of sp³-hybridized carbons (Fsp3) is 0. The molecule has 1 aliphatic rings. The number of benzene rings is 3. The molecular weight excluding hydrogens is 436 g/mol. The van der Waals surface area contributed by atoms with E-state index in [1.807, 2.05) is 0 Å². The van der Waals surface area contributed by atoms with Gasteiger partial charge in [-0.2, -0.15) is 13.5 Å². The molecule has 1 N–H and O–H groups in total. The van der Waals surface area contributed by atoms with Crippen LogP contribution in [0.5, 0.6) is 5.75 Å². The maximum Gasteiger partial charge on any atom is 0.286 e. The lowest BCUT2D eigenvalue weighted by Crippen LogP contribution is -2.17. The molecule has 4 rings (SSSR count). The summed E-state index contributed by atoms with van der Waals surface area (Å²) >= 11 is 0. The van der Waals surface area contributed by atoms with Crippen molar-refractivity contribution in [3.8, 4) is 5.75 Å². The minimum atomic E-state index is -3.77. The largest absolute Gasteiger partial charge is 0.438 e. The Morgan fingerprint density at radius 2 is 1.81 bits per heavy atom. The van der Waals surface area contributed by atoms with Crippen molar-refractivity contribution >= 4 is 33.7 Å². The molecule has 0 radical (unpaired) electrons. The van der Waals surface area contributed by atoms with Gasteiger partial charge in [-0.3, -0.25) is 14.9 Å². The van der Waals surface area contributed by atoms with Crippen LogP contribution in [0.3, 0.4) is 0 Å². The molecule has 0 saturated carbocycles. The number of rotatable bonds is 5. The number of nitro benzene ring substituents is 1. The highest BCUT2D eigenvalue weighted by Crippen LogP contribution is 2.27. The van der Waals surface area contributed by atoms with Gasteiger partial charge in [-0.1, -0.05) is 18.2 Å². The molecule has 10 nitrogen and oxygen atoms in total. The number of nitrogens with zero attached hydrogens (tertiary/aromatic N) is 3. The number of ether oxygens (including phenoxy) is 1. The van der Waals surface area contributed by atoms with Gasteiger partial charge >= 0.3 is 0 Å². The summed E-state index contributed by atoms with van der Waals surface area (Å²) in [6.45, 7) is 0. The quantitative estimate of drug-likeness (QED) is 0.360. The van der Waals surface area contributed by atoms with Gasteiger partial charge in [0.2, 0.25) is 5.90 Å². The topological polar surface area (TPSA) is 140 Å². The third kappa shape index (κ3) is 4.37. The van der Waals surface area contributed by atoms with Crippen molar-refractivity contribution in [2.45, 2.75) is 4.90 Å². The Balaban J connectivity index is 1.40. The van der Waals surface area contributed by atoms with Gasteiger partial charge in [-0.15, -0.1) is 4.40 Å². The number of fused-ring (bicyclic) bond motifs is 1. The molecule has 0 aromatic heterocycles. The highest BCUT2D eigenvalue weighted by molar-refractivity contribution is 7.90. The molecule has 1 heterocycles. The Kier molecular flexibility index (Phi) is 5.48. The number of hydrogen-bond acceptors (Lipinski definition) is 7. The average molecular weight is 450 g/mol. The number of carbonyl (C=O) groups excluding carboxylic acids is 1. The molecule has 32 heavy (non-hydrogen) atoms. The monoisotopic (exact) mass is 450 g/mol. The maximum absolute atomic E-state index is 12.1. The summed E-state index contributed by atoms with van der Waals surface area (Å²) in [6, 6.07) is 18.2. The lowest BCUT2D eigenvalue weighted by Gasteiger charge is -2.05. The smallest absolute Gasteiger partial charge is 0.286 e. The first kappa shape index (κ1) is 20.9. The van der Waals surface area contributed by atoms with E-state index in [9.17, 15) is 23.3 Å². The molecule has 0 fully saturated rings. The molecule has 0 aliphatic carbocycles. The second kappa shape index (κ2) is 8.40. The normalized spacial score (nSPS) is 13.9. The number of carbonyl (C=O) groups is 1. The van der Waals surface area contributed by atoms with E-state index in [2.05, 4.69) is 14.9 Å². The molecule has 0 atom stereocenters. The lowest BCUT2D eigenvalue weighted by atomic mass is 10.2. The van der Waals surface area contributed by atoms with Crippen LogP contribution in [0.1, 0.15) is 21.5 Å². The van der Waals surface area contributed by atoms with E-state index in [1.165, 1.54) is 30.5 Å². The van der Waals surface area contributed by atoms with E-state index in [4.69, 9.17) is 4.74 Å². The highest BCUT2D eigenvalue weighted by Gasteiger charge is 2.29. The number of hydrazone groups is 1. The lowest BCUT2D eigenvalue weighted by molar-refractivity contribution is -0.384. The van der Waals surface area contributed by atoms with Crippen LogP contribution in [0, 0.1) is 10.1 Å². The van der Waals surface area contributed by atoms with Crippen molar-refractivity contribution in [1.82, 2.24) is 5.43 Å². The van der Waals surface area contributed by atoms with E-state index in [-0.39, 0.29) is 22.0 Å². The minimum absolute atomic E-state index is 0.00812. The first-order valence-electron chi connectivity index (χ1n) is 9.14. The highest BCUT2D eigenvalue weighted by atomic mass is 32.2. The van der Waals surface area contributed by atoms with Gasteiger partial charge < -0.3 is 4.74 Å². The van der Waals surface area contributed by atoms with E-state index < -0.39 is 20.9 Å². The van der Waals surface area contributed by atoms with Gasteiger partial charge in [0, 0.05) is 17.7 Å². The summed E-state index contributed by atoms with van der Waals surface area (Å²) in [5, 5.41) is 14.6. The molecule has 0 saturated heterocycles. The van der Waals surface area contributed by atoms with Crippen molar-refractivity contribution in [3.05, 3.63) is 99.6 Å². The van der Waals surface area contributed by atoms with Crippen molar-refractivity contribution < 1.29 is 22.9 Å².